The molecule has 6 rings (SSSR count). The first kappa shape index (κ1) is 33.2. The third-order valence-corrected chi connectivity index (χ3v) is 11.7. The lowest BCUT2D eigenvalue weighted by Crippen LogP contribution is -2.59. The normalized spacial score (nSPS) is 29.3. The van der Waals surface area contributed by atoms with Gasteiger partial charge in [0.1, 0.15) is 18.5 Å². The molecule has 2 amide bonds. The lowest BCUT2D eigenvalue weighted by molar-refractivity contribution is -0.149. The van der Waals surface area contributed by atoms with E-state index in [1.54, 1.807) is 18.2 Å². The lowest BCUT2D eigenvalue weighted by atomic mass is 9.45. The van der Waals surface area contributed by atoms with Crippen LogP contribution in [0.15, 0.2) is 23.8 Å². The van der Waals surface area contributed by atoms with Gasteiger partial charge in [0.2, 0.25) is 11.8 Å². The lowest BCUT2D eigenvalue weighted by Gasteiger charge is -2.61. The summed E-state index contributed by atoms with van der Waals surface area (Å²) in [7, 11) is 1.48. The van der Waals surface area contributed by atoms with E-state index in [9.17, 15) is 24.6 Å². The first-order chi connectivity index (χ1) is 21.1. The number of hydrogen-bond donors (Lipinski definition) is 3. The number of nitrogens with zero attached hydrogens (tertiary/aromatic N) is 1. The standard InChI is InChI=1S/C34H47IN2O7/c1-34(2)24-9-8-22(25(34)17-24)18-37(30(40)14-20-6-4-5-7-20)27-15-23(33(42)36-10-11-38)16-28(31(27)41)44-32-26(35)12-21(19-39)13-29(32)43-3/h12-13,16,19-20,22,24-25,27-28,31,38,41H,4-11,14-15,17-18H2,1-3H3,(H,36,42). The van der Waals surface area contributed by atoms with Crippen LogP contribution < -0.4 is 14.8 Å². The van der Waals surface area contributed by atoms with Crippen molar-refractivity contribution < 1.29 is 34.1 Å². The highest BCUT2D eigenvalue weighted by Crippen LogP contribution is 2.61. The van der Waals surface area contributed by atoms with E-state index in [1.165, 1.54) is 13.5 Å². The highest BCUT2D eigenvalue weighted by atomic mass is 127. The van der Waals surface area contributed by atoms with Crippen LogP contribution in [0.3, 0.4) is 0 Å². The number of benzene rings is 1. The number of aldehydes is 1. The summed E-state index contributed by atoms with van der Waals surface area (Å²) in [6, 6.07) is 2.59. The Morgan fingerprint density at radius 3 is 2.57 bits per heavy atom. The van der Waals surface area contributed by atoms with Gasteiger partial charge in [-0.2, -0.15) is 0 Å². The van der Waals surface area contributed by atoms with Gasteiger partial charge in [-0.15, -0.1) is 0 Å². The van der Waals surface area contributed by atoms with Crippen molar-refractivity contribution in [1.29, 1.82) is 0 Å². The van der Waals surface area contributed by atoms with E-state index in [0.717, 1.165) is 50.7 Å². The molecule has 3 N–H and O–H groups in total. The second-order valence-electron chi connectivity index (χ2n) is 13.8. The zero-order chi connectivity index (χ0) is 31.6. The van der Waals surface area contributed by atoms with Crippen molar-refractivity contribution in [2.75, 3.05) is 26.8 Å². The van der Waals surface area contributed by atoms with Gasteiger partial charge >= 0.3 is 0 Å². The Morgan fingerprint density at radius 2 is 1.93 bits per heavy atom. The number of fused-ring (bicyclic) bond motifs is 2. The predicted molar refractivity (Wildman–Crippen MR) is 174 cm³/mol. The SMILES string of the molecule is COc1cc(C=O)cc(I)c1OC1C=C(C(=O)NCCO)CC(N(CC2CCC3CC2C3(C)C)C(=O)CC2CCCC2)C1O. The van der Waals surface area contributed by atoms with E-state index in [1.807, 2.05) is 4.90 Å². The molecule has 5 aliphatic carbocycles. The number of ether oxygens (including phenoxy) is 2. The van der Waals surface area contributed by atoms with Crippen molar-refractivity contribution in [2.45, 2.75) is 89.9 Å². The van der Waals surface area contributed by atoms with Gasteiger partial charge in [0.15, 0.2) is 11.5 Å². The minimum atomic E-state index is -1.10. The van der Waals surface area contributed by atoms with Crippen molar-refractivity contribution in [2.24, 2.45) is 29.1 Å². The fraction of sp³-hybridized carbons (Fsp3) is 0.676. The summed E-state index contributed by atoms with van der Waals surface area (Å²) in [6.07, 6.45) is 8.71. The number of aliphatic hydroxyl groups is 2. The van der Waals surface area contributed by atoms with Crippen LogP contribution in [0.5, 0.6) is 11.5 Å². The molecular weight excluding hydrogens is 675 g/mol. The van der Waals surface area contributed by atoms with E-state index >= 15 is 0 Å². The maximum absolute atomic E-state index is 14.2. The number of amides is 2. The monoisotopic (exact) mass is 722 g/mol. The molecule has 1 aromatic carbocycles. The van der Waals surface area contributed by atoms with Crippen molar-refractivity contribution in [3.05, 3.63) is 32.9 Å². The van der Waals surface area contributed by atoms with Gasteiger partial charge in [0.05, 0.1) is 23.3 Å². The second-order valence-corrected chi connectivity index (χ2v) is 14.9. The summed E-state index contributed by atoms with van der Waals surface area (Å²) < 4.78 is 12.6. The van der Waals surface area contributed by atoms with Crippen LogP contribution in [-0.4, -0.2) is 78.3 Å². The van der Waals surface area contributed by atoms with Gasteiger partial charge in [-0.1, -0.05) is 26.7 Å². The Labute approximate surface area is 274 Å². The summed E-state index contributed by atoms with van der Waals surface area (Å²) in [6.45, 7) is 5.15. The molecule has 0 aromatic heterocycles. The smallest absolute Gasteiger partial charge is 0.247 e. The maximum atomic E-state index is 14.2. The molecule has 5 aliphatic rings. The summed E-state index contributed by atoms with van der Waals surface area (Å²) in [5, 5.41) is 24.1. The van der Waals surface area contributed by atoms with Crippen LogP contribution in [0, 0.1) is 32.7 Å². The number of nitrogens with one attached hydrogen (secondary N) is 1. The molecule has 10 heteroatoms. The molecule has 9 nitrogen and oxygen atoms in total. The van der Waals surface area contributed by atoms with Gasteiger partial charge in [0.25, 0.3) is 0 Å². The van der Waals surface area contributed by atoms with Crippen molar-refractivity contribution in [3.63, 3.8) is 0 Å². The van der Waals surface area contributed by atoms with Crippen LogP contribution in [0.2, 0.25) is 0 Å². The van der Waals surface area contributed by atoms with E-state index in [4.69, 9.17) is 9.47 Å². The second kappa shape index (κ2) is 14.1. The molecule has 1 aromatic rings. The molecular formula is C34H47IN2O7. The minimum Gasteiger partial charge on any atom is -0.493 e. The molecule has 0 aliphatic heterocycles. The quantitative estimate of drug-likeness (QED) is 0.214. The largest absolute Gasteiger partial charge is 0.493 e. The van der Waals surface area contributed by atoms with Crippen molar-refractivity contribution in [3.8, 4) is 11.5 Å². The number of aliphatic hydroxyl groups excluding tert-OH is 2. The molecule has 4 fully saturated rings. The molecule has 6 unspecified atom stereocenters. The van der Waals surface area contributed by atoms with Crippen molar-refractivity contribution >= 4 is 40.7 Å². The molecule has 0 saturated heterocycles. The number of halogens is 1. The average Bonchev–Trinajstić information content (AvgIpc) is 3.53. The Morgan fingerprint density at radius 1 is 1.18 bits per heavy atom. The molecule has 0 radical (unpaired) electrons. The molecule has 0 spiro atoms. The van der Waals surface area contributed by atoms with E-state index in [0.29, 0.717) is 56.9 Å². The molecule has 4 saturated carbocycles. The van der Waals surface area contributed by atoms with Crippen LogP contribution >= 0.6 is 22.6 Å². The fourth-order valence-corrected chi connectivity index (χ4v) is 9.02. The van der Waals surface area contributed by atoms with E-state index in [2.05, 4.69) is 41.8 Å². The number of carbonyl (C=O) groups excluding carboxylic acids is 3. The summed E-state index contributed by atoms with van der Waals surface area (Å²) in [4.78, 5) is 40.9. The summed E-state index contributed by atoms with van der Waals surface area (Å²) >= 11 is 2.06. The zero-order valence-corrected chi connectivity index (χ0v) is 28.3. The number of methoxy groups -OCH3 is 1. The van der Waals surface area contributed by atoms with Gasteiger partial charge in [-0.3, -0.25) is 14.4 Å². The highest BCUT2D eigenvalue weighted by Gasteiger charge is 2.55. The summed E-state index contributed by atoms with van der Waals surface area (Å²) in [5.74, 6) is 2.32. The first-order valence-corrected chi connectivity index (χ1v) is 17.2. The number of hydrogen-bond acceptors (Lipinski definition) is 7. The molecule has 2 bridgehead atoms. The topological polar surface area (TPSA) is 125 Å². The minimum absolute atomic E-state index is 0.0402. The van der Waals surface area contributed by atoms with Crippen LogP contribution in [0.4, 0.5) is 0 Å². The van der Waals surface area contributed by atoms with Crippen LogP contribution in [-0.2, 0) is 9.59 Å². The third-order valence-electron chi connectivity index (χ3n) is 10.9. The maximum Gasteiger partial charge on any atom is 0.247 e. The van der Waals surface area contributed by atoms with Gasteiger partial charge < -0.3 is 29.9 Å². The zero-order valence-electron chi connectivity index (χ0n) is 26.1. The average molecular weight is 723 g/mol. The molecule has 0 heterocycles. The highest BCUT2D eigenvalue weighted by molar-refractivity contribution is 14.1. The Kier molecular flexibility index (Phi) is 10.6. The molecule has 6 atom stereocenters. The Hall–Kier alpha value is -2.18. The predicted octanol–water partition coefficient (Wildman–Crippen LogP) is 4.51. The Bertz CT molecular complexity index is 1260. The first-order valence-electron chi connectivity index (χ1n) is 16.1. The fourth-order valence-electron chi connectivity index (χ4n) is 8.27. The van der Waals surface area contributed by atoms with Gasteiger partial charge in [0, 0.05) is 37.1 Å². The van der Waals surface area contributed by atoms with E-state index in [-0.39, 0.29) is 36.8 Å². The molecule has 242 valence electrons. The number of rotatable bonds is 12. The van der Waals surface area contributed by atoms with Crippen molar-refractivity contribution in [1.82, 2.24) is 10.2 Å². The molecule has 44 heavy (non-hydrogen) atoms. The number of carbonyl (C=O) groups is 3. The Balaban J connectivity index is 1.48. The van der Waals surface area contributed by atoms with E-state index < -0.39 is 18.2 Å². The van der Waals surface area contributed by atoms with Gasteiger partial charge in [-0.05, 0) is 102 Å². The van der Waals surface area contributed by atoms with Gasteiger partial charge in [-0.25, -0.2) is 0 Å². The summed E-state index contributed by atoms with van der Waals surface area (Å²) in [5.41, 5.74) is 1.08. The van der Waals surface area contributed by atoms with Crippen LogP contribution in [0.25, 0.3) is 0 Å². The third kappa shape index (κ3) is 6.82. The van der Waals surface area contributed by atoms with Crippen LogP contribution in [0.1, 0.15) is 82.0 Å².